The summed E-state index contributed by atoms with van der Waals surface area (Å²) in [7, 11) is 3.33. The van der Waals surface area contributed by atoms with Gasteiger partial charge in [-0.1, -0.05) is 42.5 Å². The van der Waals surface area contributed by atoms with Crippen molar-refractivity contribution in [3.8, 4) is 11.5 Å². The molecule has 4 heteroatoms. The van der Waals surface area contributed by atoms with E-state index in [4.69, 9.17) is 14.2 Å². The van der Waals surface area contributed by atoms with Crippen molar-refractivity contribution < 1.29 is 14.2 Å². The van der Waals surface area contributed by atoms with Crippen LogP contribution in [0.15, 0.2) is 48.5 Å². The third-order valence-electron chi connectivity index (χ3n) is 3.79. The largest absolute Gasteiger partial charge is 0.493 e. The summed E-state index contributed by atoms with van der Waals surface area (Å²) in [5.74, 6) is 1.56. The number of nitrogens with one attached hydrogen (secondary N) is 1. The number of para-hydroxylation sites is 1. The Morgan fingerprint density at radius 1 is 0.917 bits per heavy atom. The highest BCUT2D eigenvalue weighted by molar-refractivity contribution is 5.46. The Balaban J connectivity index is 1.82. The van der Waals surface area contributed by atoms with Crippen molar-refractivity contribution in [2.24, 2.45) is 0 Å². The van der Waals surface area contributed by atoms with Crippen molar-refractivity contribution in [2.45, 2.75) is 19.4 Å². The predicted octanol–water partition coefficient (Wildman–Crippen LogP) is 3.44. The summed E-state index contributed by atoms with van der Waals surface area (Å²) in [5.41, 5.74) is 2.48. The van der Waals surface area contributed by atoms with Gasteiger partial charge in [0.1, 0.15) is 6.61 Å². The first kappa shape index (κ1) is 18.3. The van der Waals surface area contributed by atoms with Crippen molar-refractivity contribution in [1.29, 1.82) is 0 Å². The summed E-state index contributed by atoms with van der Waals surface area (Å²) >= 11 is 0. The third kappa shape index (κ3) is 5.87. The molecule has 0 bridgehead atoms. The minimum Gasteiger partial charge on any atom is -0.493 e. The average Bonchev–Trinajstić information content (AvgIpc) is 2.63. The molecular formula is C20H27NO3. The van der Waals surface area contributed by atoms with Crippen LogP contribution in [0.25, 0.3) is 0 Å². The third-order valence-corrected chi connectivity index (χ3v) is 3.79. The molecule has 0 saturated carbocycles. The van der Waals surface area contributed by atoms with Gasteiger partial charge in [-0.25, -0.2) is 0 Å². The molecule has 0 heterocycles. The summed E-state index contributed by atoms with van der Waals surface area (Å²) in [6.07, 6.45) is 2.19. The van der Waals surface area contributed by atoms with Crippen LogP contribution in [0.1, 0.15) is 17.5 Å². The molecule has 24 heavy (non-hydrogen) atoms. The van der Waals surface area contributed by atoms with Gasteiger partial charge in [0.25, 0.3) is 0 Å². The molecule has 2 aromatic carbocycles. The molecule has 0 fully saturated rings. The minimum atomic E-state index is 0.512. The van der Waals surface area contributed by atoms with Gasteiger partial charge in [-0.3, -0.25) is 0 Å². The zero-order valence-corrected chi connectivity index (χ0v) is 14.6. The van der Waals surface area contributed by atoms with Crippen LogP contribution in [-0.2, 0) is 17.7 Å². The maximum Gasteiger partial charge on any atom is 0.165 e. The Labute approximate surface area is 144 Å². The van der Waals surface area contributed by atoms with Crippen LogP contribution in [0, 0.1) is 0 Å². The van der Waals surface area contributed by atoms with Gasteiger partial charge in [-0.05, 0) is 31.0 Å². The first-order chi connectivity index (χ1) is 11.8. The number of methoxy groups -OCH3 is 2. The van der Waals surface area contributed by atoms with Gasteiger partial charge in [-0.2, -0.15) is 0 Å². The molecule has 0 unspecified atom stereocenters. The topological polar surface area (TPSA) is 39.7 Å². The Morgan fingerprint density at radius 2 is 1.75 bits per heavy atom. The molecule has 0 saturated heterocycles. The van der Waals surface area contributed by atoms with Gasteiger partial charge >= 0.3 is 0 Å². The SMILES string of the molecule is COCCOc1c(CNCCCc2ccccc2)cccc1OC. The van der Waals surface area contributed by atoms with E-state index in [9.17, 15) is 0 Å². The zero-order chi connectivity index (χ0) is 17.0. The van der Waals surface area contributed by atoms with Gasteiger partial charge in [0.15, 0.2) is 11.5 Å². The molecule has 0 radical (unpaired) electrons. The maximum absolute atomic E-state index is 5.84. The second-order valence-corrected chi connectivity index (χ2v) is 5.56. The smallest absolute Gasteiger partial charge is 0.165 e. The van der Waals surface area contributed by atoms with E-state index < -0.39 is 0 Å². The number of ether oxygens (including phenoxy) is 3. The Kier molecular flexibility index (Phi) is 8.15. The first-order valence-electron chi connectivity index (χ1n) is 8.37. The monoisotopic (exact) mass is 329 g/mol. The molecule has 0 atom stereocenters. The van der Waals surface area contributed by atoms with E-state index in [0.717, 1.165) is 43.0 Å². The van der Waals surface area contributed by atoms with Crippen molar-refractivity contribution in [1.82, 2.24) is 5.32 Å². The predicted molar refractivity (Wildman–Crippen MR) is 96.8 cm³/mol. The highest BCUT2D eigenvalue weighted by atomic mass is 16.5. The van der Waals surface area contributed by atoms with Crippen LogP contribution < -0.4 is 14.8 Å². The molecule has 4 nitrogen and oxygen atoms in total. The summed E-state index contributed by atoms with van der Waals surface area (Å²) in [4.78, 5) is 0. The van der Waals surface area contributed by atoms with Crippen molar-refractivity contribution in [2.75, 3.05) is 34.0 Å². The van der Waals surface area contributed by atoms with E-state index in [0.29, 0.717) is 13.2 Å². The molecule has 0 aromatic heterocycles. The van der Waals surface area contributed by atoms with E-state index in [1.165, 1.54) is 5.56 Å². The highest BCUT2D eigenvalue weighted by Crippen LogP contribution is 2.31. The summed E-state index contributed by atoms with van der Waals surface area (Å²) < 4.78 is 16.3. The molecule has 0 spiro atoms. The van der Waals surface area contributed by atoms with E-state index in [1.54, 1.807) is 14.2 Å². The fourth-order valence-corrected chi connectivity index (χ4v) is 2.54. The average molecular weight is 329 g/mol. The first-order valence-corrected chi connectivity index (χ1v) is 8.37. The van der Waals surface area contributed by atoms with Crippen LogP contribution in [0.3, 0.4) is 0 Å². The van der Waals surface area contributed by atoms with Gasteiger partial charge in [0.2, 0.25) is 0 Å². The molecule has 2 aromatic rings. The summed E-state index contributed by atoms with van der Waals surface area (Å²) in [6.45, 7) is 2.79. The summed E-state index contributed by atoms with van der Waals surface area (Å²) in [5, 5.41) is 3.49. The lowest BCUT2D eigenvalue weighted by molar-refractivity contribution is 0.143. The van der Waals surface area contributed by atoms with E-state index in [-0.39, 0.29) is 0 Å². The van der Waals surface area contributed by atoms with Crippen molar-refractivity contribution in [3.05, 3.63) is 59.7 Å². The lowest BCUT2D eigenvalue weighted by Crippen LogP contribution is -2.17. The number of rotatable bonds is 11. The van der Waals surface area contributed by atoms with Gasteiger partial charge in [0, 0.05) is 19.2 Å². The lowest BCUT2D eigenvalue weighted by Gasteiger charge is -2.15. The fraction of sp³-hybridized carbons (Fsp3) is 0.400. The molecule has 0 amide bonds. The van der Waals surface area contributed by atoms with Crippen molar-refractivity contribution in [3.63, 3.8) is 0 Å². The van der Waals surface area contributed by atoms with E-state index in [2.05, 4.69) is 41.7 Å². The number of benzene rings is 2. The van der Waals surface area contributed by atoms with Gasteiger partial charge in [-0.15, -0.1) is 0 Å². The molecule has 0 aliphatic heterocycles. The molecule has 2 rings (SSSR count). The quantitative estimate of drug-likeness (QED) is 0.641. The minimum absolute atomic E-state index is 0.512. The van der Waals surface area contributed by atoms with E-state index in [1.807, 2.05) is 12.1 Å². The van der Waals surface area contributed by atoms with E-state index >= 15 is 0 Å². The van der Waals surface area contributed by atoms with Crippen molar-refractivity contribution >= 4 is 0 Å². The second kappa shape index (κ2) is 10.7. The molecule has 0 aliphatic carbocycles. The summed E-state index contributed by atoms with van der Waals surface area (Å²) in [6, 6.07) is 16.5. The van der Waals surface area contributed by atoms with Crippen LogP contribution in [0.2, 0.25) is 0 Å². The molecule has 1 N–H and O–H groups in total. The van der Waals surface area contributed by atoms with Gasteiger partial charge < -0.3 is 19.5 Å². The van der Waals surface area contributed by atoms with Crippen LogP contribution in [0.5, 0.6) is 11.5 Å². The number of hydrogen-bond donors (Lipinski definition) is 1. The Bertz CT molecular complexity index is 587. The number of aryl methyl sites for hydroxylation is 1. The van der Waals surface area contributed by atoms with Gasteiger partial charge in [0.05, 0.1) is 13.7 Å². The highest BCUT2D eigenvalue weighted by Gasteiger charge is 2.10. The maximum atomic E-state index is 5.84. The zero-order valence-electron chi connectivity index (χ0n) is 14.6. The molecule has 0 aliphatic rings. The Hall–Kier alpha value is -2.04. The fourth-order valence-electron chi connectivity index (χ4n) is 2.54. The lowest BCUT2D eigenvalue weighted by atomic mass is 10.1. The Morgan fingerprint density at radius 3 is 2.50 bits per heavy atom. The molecular weight excluding hydrogens is 302 g/mol. The van der Waals surface area contributed by atoms with Crippen LogP contribution in [-0.4, -0.2) is 34.0 Å². The van der Waals surface area contributed by atoms with Crippen LogP contribution in [0.4, 0.5) is 0 Å². The molecule has 130 valence electrons. The standard InChI is InChI=1S/C20H27NO3/c1-22-14-15-24-20-18(11-6-12-19(20)23-2)16-21-13-7-10-17-8-4-3-5-9-17/h3-6,8-9,11-12,21H,7,10,13-16H2,1-2H3. The van der Waals surface area contributed by atoms with Crippen LogP contribution >= 0.6 is 0 Å². The second-order valence-electron chi connectivity index (χ2n) is 5.56. The number of hydrogen-bond acceptors (Lipinski definition) is 4. The normalized spacial score (nSPS) is 10.6.